The third-order valence-electron chi connectivity index (χ3n) is 3.16. The SMILES string of the molecule is CCC(C)CC(C)NS(=O)(=O)C(C)CNC(C)C. The molecule has 5 heteroatoms. The van der Waals surface area contributed by atoms with Gasteiger partial charge in [0, 0.05) is 18.6 Å². The van der Waals surface area contributed by atoms with Crippen LogP contribution >= 0.6 is 0 Å². The van der Waals surface area contributed by atoms with Crippen molar-refractivity contribution < 1.29 is 8.42 Å². The second-order valence-electron chi connectivity index (χ2n) is 5.69. The smallest absolute Gasteiger partial charge is 0.215 e. The lowest BCUT2D eigenvalue weighted by molar-refractivity contribution is 0.442. The lowest BCUT2D eigenvalue weighted by Crippen LogP contribution is -2.44. The van der Waals surface area contributed by atoms with Crippen LogP contribution in [0.5, 0.6) is 0 Å². The van der Waals surface area contributed by atoms with E-state index >= 15 is 0 Å². The maximum Gasteiger partial charge on any atom is 0.215 e. The number of hydrogen-bond donors (Lipinski definition) is 2. The summed E-state index contributed by atoms with van der Waals surface area (Å²) < 4.78 is 26.9. The van der Waals surface area contributed by atoms with Crippen molar-refractivity contribution >= 4 is 10.0 Å². The maximum atomic E-state index is 12.1. The first kappa shape index (κ1) is 17.9. The van der Waals surface area contributed by atoms with Gasteiger partial charge in [-0.05, 0) is 26.2 Å². The molecule has 0 spiro atoms. The Labute approximate surface area is 113 Å². The fourth-order valence-corrected chi connectivity index (χ4v) is 2.93. The molecule has 3 unspecified atom stereocenters. The van der Waals surface area contributed by atoms with Gasteiger partial charge in [0.1, 0.15) is 0 Å². The molecule has 0 amide bonds. The van der Waals surface area contributed by atoms with E-state index in [1.807, 2.05) is 20.8 Å². The Balaban J connectivity index is 4.28. The highest BCUT2D eigenvalue weighted by atomic mass is 32.2. The Morgan fingerprint density at radius 1 is 1.06 bits per heavy atom. The molecule has 0 heterocycles. The fraction of sp³-hybridized carbons (Fsp3) is 1.00. The number of hydrogen-bond acceptors (Lipinski definition) is 3. The van der Waals surface area contributed by atoms with Crippen LogP contribution in [0.15, 0.2) is 0 Å². The molecule has 3 atom stereocenters. The molecule has 0 rings (SSSR count). The second kappa shape index (κ2) is 8.12. The Morgan fingerprint density at radius 2 is 1.61 bits per heavy atom. The zero-order chi connectivity index (χ0) is 14.3. The summed E-state index contributed by atoms with van der Waals surface area (Å²) in [6, 6.07) is 0.312. The molecule has 0 aromatic heterocycles. The molecule has 0 aliphatic rings. The summed E-state index contributed by atoms with van der Waals surface area (Å²) in [6.45, 7) is 12.5. The molecule has 0 saturated carbocycles. The molecule has 0 aromatic rings. The largest absolute Gasteiger partial charge is 0.313 e. The number of nitrogens with one attached hydrogen (secondary N) is 2. The summed E-state index contributed by atoms with van der Waals surface area (Å²) in [4.78, 5) is 0. The molecule has 0 aromatic carbocycles. The molecule has 0 aliphatic carbocycles. The Bertz CT molecular complexity index is 315. The molecule has 4 nitrogen and oxygen atoms in total. The first-order valence-electron chi connectivity index (χ1n) is 6.93. The fourth-order valence-electron chi connectivity index (χ4n) is 1.73. The van der Waals surface area contributed by atoms with Gasteiger partial charge >= 0.3 is 0 Å². The van der Waals surface area contributed by atoms with Crippen molar-refractivity contribution in [2.45, 2.75) is 71.7 Å². The van der Waals surface area contributed by atoms with Gasteiger partial charge in [-0.1, -0.05) is 34.1 Å². The van der Waals surface area contributed by atoms with Crippen molar-refractivity contribution in [1.29, 1.82) is 0 Å². The minimum Gasteiger partial charge on any atom is -0.313 e. The van der Waals surface area contributed by atoms with E-state index in [1.165, 1.54) is 0 Å². The van der Waals surface area contributed by atoms with Gasteiger partial charge in [-0.3, -0.25) is 0 Å². The zero-order valence-electron chi connectivity index (χ0n) is 12.7. The molecular weight excluding hydrogens is 248 g/mol. The number of rotatable bonds is 9. The molecule has 110 valence electrons. The third kappa shape index (κ3) is 7.34. The van der Waals surface area contributed by atoms with Crippen LogP contribution < -0.4 is 10.0 Å². The van der Waals surface area contributed by atoms with E-state index in [2.05, 4.69) is 23.9 Å². The topological polar surface area (TPSA) is 58.2 Å². The number of sulfonamides is 1. The molecule has 0 aliphatic heterocycles. The van der Waals surface area contributed by atoms with Crippen molar-refractivity contribution in [2.75, 3.05) is 6.54 Å². The van der Waals surface area contributed by atoms with Gasteiger partial charge in [-0.25, -0.2) is 13.1 Å². The van der Waals surface area contributed by atoms with Gasteiger partial charge in [0.15, 0.2) is 0 Å². The Kier molecular flexibility index (Phi) is 8.06. The lowest BCUT2D eigenvalue weighted by Gasteiger charge is -2.21. The normalized spacial score (nSPS) is 17.7. The van der Waals surface area contributed by atoms with E-state index in [0.717, 1.165) is 12.8 Å². The van der Waals surface area contributed by atoms with E-state index in [-0.39, 0.29) is 6.04 Å². The van der Waals surface area contributed by atoms with Gasteiger partial charge in [-0.2, -0.15) is 0 Å². The zero-order valence-corrected chi connectivity index (χ0v) is 13.5. The molecule has 0 radical (unpaired) electrons. The molecular formula is C13H30N2O2S. The molecule has 0 fully saturated rings. The molecule has 18 heavy (non-hydrogen) atoms. The van der Waals surface area contributed by atoms with Crippen molar-refractivity contribution in [2.24, 2.45) is 5.92 Å². The Hall–Kier alpha value is -0.130. The first-order chi connectivity index (χ1) is 8.19. The van der Waals surface area contributed by atoms with E-state index in [4.69, 9.17) is 0 Å². The minimum absolute atomic E-state index is 0.00597. The average Bonchev–Trinajstić information content (AvgIpc) is 2.24. The van der Waals surface area contributed by atoms with Gasteiger partial charge in [-0.15, -0.1) is 0 Å². The van der Waals surface area contributed by atoms with Crippen molar-refractivity contribution in [1.82, 2.24) is 10.0 Å². The third-order valence-corrected chi connectivity index (χ3v) is 5.12. The van der Waals surface area contributed by atoms with Crippen LogP contribution in [0.25, 0.3) is 0 Å². The predicted octanol–water partition coefficient (Wildman–Crippen LogP) is 2.12. The van der Waals surface area contributed by atoms with E-state index < -0.39 is 15.3 Å². The highest BCUT2D eigenvalue weighted by Gasteiger charge is 2.23. The van der Waals surface area contributed by atoms with Crippen LogP contribution in [0.4, 0.5) is 0 Å². The van der Waals surface area contributed by atoms with Gasteiger partial charge < -0.3 is 5.32 Å². The maximum absolute atomic E-state index is 12.1. The quantitative estimate of drug-likeness (QED) is 0.679. The molecule has 0 bridgehead atoms. The highest BCUT2D eigenvalue weighted by Crippen LogP contribution is 2.11. The van der Waals surface area contributed by atoms with Gasteiger partial charge in [0.2, 0.25) is 10.0 Å². The van der Waals surface area contributed by atoms with E-state index in [0.29, 0.717) is 18.5 Å². The van der Waals surface area contributed by atoms with Gasteiger partial charge in [0.25, 0.3) is 0 Å². The Morgan fingerprint density at radius 3 is 2.06 bits per heavy atom. The van der Waals surface area contributed by atoms with E-state index in [9.17, 15) is 8.42 Å². The van der Waals surface area contributed by atoms with Crippen LogP contribution in [-0.4, -0.2) is 32.3 Å². The van der Waals surface area contributed by atoms with Crippen LogP contribution in [-0.2, 0) is 10.0 Å². The summed E-state index contributed by atoms with van der Waals surface area (Å²) in [5.41, 5.74) is 0. The average molecular weight is 278 g/mol. The first-order valence-corrected chi connectivity index (χ1v) is 8.48. The standard InChI is InChI=1S/C13H30N2O2S/c1-7-11(4)8-12(5)15-18(16,17)13(6)9-14-10(2)3/h10-15H,7-9H2,1-6H3. The van der Waals surface area contributed by atoms with Crippen LogP contribution in [0, 0.1) is 5.92 Å². The molecule has 2 N–H and O–H groups in total. The van der Waals surface area contributed by atoms with Gasteiger partial charge in [0.05, 0.1) is 5.25 Å². The van der Waals surface area contributed by atoms with Crippen LogP contribution in [0.2, 0.25) is 0 Å². The summed E-state index contributed by atoms with van der Waals surface area (Å²) >= 11 is 0. The lowest BCUT2D eigenvalue weighted by atomic mass is 10.0. The van der Waals surface area contributed by atoms with Crippen molar-refractivity contribution in [3.63, 3.8) is 0 Å². The summed E-state index contributed by atoms with van der Waals surface area (Å²) in [5.74, 6) is 0.548. The minimum atomic E-state index is -3.22. The van der Waals surface area contributed by atoms with Crippen molar-refractivity contribution in [3.8, 4) is 0 Å². The van der Waals surface area contributed by atoms with E-state index in [1.54, 1.807) is 6.92 Å². The second-order valence-corrected chi connectivity index (χ2v) is 7.82. The monoisotopic (exact) mass is 278 g/mol. The predicted molar refractivity (Wildman–Crippen MR) is 78.2 cm³/mol. The highest BCUT2D eigenvalue weighted by molar-refractivity contribution is 7.90. The summed E-state index contributed by atoms with van der Waals surface area (Å²) in [7, 11) is -3.22. The van der Waals surface area contributed by atoms with Crippen LogP contribution in [0.3, 0.4) is 0 Å². The molecule has 0 saturated heterocycles. The van der Waals surface area contributed by atoms with Crippen LogP contribution in [0.1, 0.15) is 54.4 Å². The van der Waals surface area contributed by atoms with Crippen molar-refractivity contribution in [3.05, 3.63) is 0 Å². The summed E-state index contributed by atoms with van der Waals surface area (Å²) in [5, 5.41) is 2.75. The summed E-state index contributed by atoms with van der Waals surface area (Å²) in [6.07, 6.45) is 1.97.